The number of methoxy groups -OCH3 is 1. The fourth-order valence-electron chi connectivity index (χ4n) is 1.77. The highest BCUT2D eigenvalue weighted by Crippen LogP contribution is 2.20. The maximum Gasteiger partial charge on any atom is 0.119 e. The molecule has 0 unspecified atom stereocenters. The van der Waals surface area contributed by atoms with Crippen molar-refractivity contribution in [2.75, 3.05) is 25.5 Å². The zero-order valence-electron chi connectivity index (χ0n) is 10.7. The number of rotatable bonds is 5. The first-order chi connectivity index (χ1) is 8.76. The Labute approximate surface area is 107 Å². The Balaban J connectivity index is 2.24. The average Bonchev–Trinajstić information content (AvgIpc) is 2.78. The van der Waals surface area contributed by atoms with Crippen LogP contribution in [0.4, 0.5) is 5.69 Å². The van der Waals surface area contributed by atoms with Gasteiger partial charge in [0.05, 0.1) is 30.4 Å². The Morgan fingerprint density at radius 1 is 1.33 bits per heavy atom. The first-order valence-electron chi connectivity index (χ1n) is 5.89. The molecule has 0 amide bonds. The van der Waals surface area contributed by atoms with Crippen LogP contribution < -0.4 is 15.8 Å². The van der Waals surface area contributed by atoms with E-state index in [0.29, 0.717) is 6.54 Å². The van der Waals surface area contributed by atoms with Gasteiger partial charge in [0.2, 0.25) is 0 Å². The molecule has 5 nitrogen and oxygen atoms in total. The molecule has 0 aliphatic heterocycles. The predicted octanol–water partition coefficient (Wildman–Crippen LogP) is 1.56. The number of anilines is 1. The zero-order valence-corrected chi connectivity index (χ0v) is 10.7. The van der Waals surface area contributed by atoms with Crippen LogP contribution in [-0.2, 0) is 0 Å². The number of aromatic nitrogens is 2. The van der Waals surface area contributed by atoms with Crippen LogP contribution >= 0.6 is 0 Å². The summed E-state index contributed by atoms with van der Waals surface area (Å²) in [6.45, 7) is 3.37. The largest absolute Gasteiger partial charge is 0.497 e. The van der Waals surface area contributed by atoms with Crippen molar-refractivity contribution in [3.63, 3.8) is 0 Å². The maximum absolute atomic E-state index is 5.47. The summed E-state index contributed by atoms with van der Waals surface area (Å²) in [4.78, 5) is 0. The molecule has 0 saturated heterocycles. The molecule has 2 rings (SSSR count). The third-order valence-electron chi connectivity index (χ3n) is 2.79. The molecule has 18 heavy (non-hydrogen) atoms. The zero-order chi connectivity index (χ0) is 13.0. The van der Waals surface area contributed by atoms with Gasteiger partial charge in [-0.15, -0.1) is 0 Å². The van der Waals surface area contributed by atoms with Crippen molar-refractivity contribution in [1.82, 2.24) is 9.78 Å². The Morgan fingerprint density at radius 3 is 2.67 bits per heavy atom. The predicted molar refractivity (Wildman–Crippen MR) is 72.4 cm³/mol. The molecule has 3 N–H and O–H groups in total. The van der Waals surface area contributed by atoms with Gasteiger partial charge in [-0.1, -0.05) is 0 Å². The normalized spacial score (nSPS) is 10.4. The number of hydrogen-bond donors (Lipinski definition) is 2. The van der Waals surface area contributed by atoms with Crippen molar-refractivity contribution in [3.05, 3.63) is 36.2 Å². The van der Waals surface area contributed by atoms with Gasteiger partial charge in [-0.3, -0.25) is 0 Å². The van der Waals surface area contributed by atoms with Gasteiger partial charge in [-0.05, 0) is 31.2 Å². The summed E-state index contributed by atoms with van der Waals surface area (Å²) in [6.07, 6.45) is 1.81. The molecular weight excluding hydrogens is 228 g/mol. The first-order valence-corrected chi connectivity index (χ1v) is 5.89. The molecule has 0 saturated carbocycles. The number of nitrogens with zero attached hydrogens (tertiary/aromatic N) is 2. The van der Waals surface area contributed by atoms with Gasteiger partial charge in [-0.2, -0.15) is 5.10 Å². The van der Waals surface area contributed by atoms with Crippen molar-refractivity contribution in [2.24, 2.45) is 5.73 Å². The van der Waals surface area contributed by atoms with E-state index >= 15 is 0 Å². The van der Waals surface area contributed by atoms with E-state index in [1.165, 1.54) is 0 Å². The van der Waals surface area contributed by atoms with Crippen molar-refractivity contribution in [3.8, 4) is 11.4 Å². The van der Waals surface area contributed by atoms with Crippen LogP contribution in [0.5, 0.6) is 5.75 Å². The molecule has 0 spiro atoms. The lowest BCUT2D eigenvalue weighted by Gasteiger charge is -2.07. The fourth-order valence-corrected chi connectivity index (χ4v) is 1.77. The van der Waals surface area contributed by atoms with E-state index < -0.39 is 0 Å². The first kappa shape index (κ1) is 12.4. The van der Waals surface area contributed by atoms with Crippen LogP contribution in [-0.4, -0.2) is 30.0 Å². The van der Waals surface area contributed by atoms with Crippen LogP contribution in [0.15, 0.2) is 30.5 Å². The van der Waals surface area contributed by atoms with E-state index in [1.807, 2.05) is 42.1 Å². The highest BCUT2D eigenvalue weighted by molar-refractivity contribution is 5.50. The second-order valence-electron chi connectivity index (χ2n) is 3.97. The number of ether oxygens (including phenoxy) is 1. The van der Waals surface area contributed by atoms with Gasteiger partial charge in [0.25, 0.3) is 0 Å². The Hall–Kier alpha value is -2.01. The summed E-state index contributed by atoms with van der Waals surface area (Å²) in [6, 6.07) is 7.80. The Bertz CT molecular complexity index is 504. The van der Waals surface area contributed by atoms with E-state index in [2.05, 4.69) is 10.4 Å². The van der Waals surface area contributed by atoms with Gasteiger partial charge in [0, 0.05) is 13.1 Å². The monoisotopic (exact) mass is 246 g/mol. The van der Waals surface area contributed by atoms with E-state index in [1.54, 1.807) is 7.11 Å². The summed E-state index contributed by atoms with van der Waals surface area (Å²) in [7, 11) is 1.66. The molecule has 1 aromatic heterocycles. The smallest absolute Gasteiger partial charge is 0.119 e. The third-order valence-corrected chi connectivity index (χ3v) is 2.79. The number of nitrogens with two attached hydrogens (primary N) is 1. The SMILES string of the molecule is COc1ccc(-n2ncc(NCCN)c2C)cc1. The van der Waals surface area contributed by atoms with E-state index in [9.17, 15) is 0 Å². The molecule has 0 radical (unpaired) electrons. The molecule has 0 bridgehead atoms. The van der Waals surface area contributed by atoms with Crippen molar-refractivity contribution in [1.29, 1.82) is 0 Å². The summed E-state index contributed by atoms with van der Waals surface area (Å²) in [5.74, 6) is 0.838. The summed E-state index contributed by atoms with van der Waals surface area (Å²) in [5.41, 5.74) is 8.56. The lowest BCUT2D eigenvalue weighted by molar-refractivity contribution is 0.414. The van der Waals surface area contributed by atoms with Crippen LogP contribution in [0.25, 0.3) is 5.69 Å². The molecular formula is C13H18N4O. The lowest BCUT2D eigenvalue weighted by atomic mass is 10.3. The topological polar surface area (TPSA) is 65.1 Å². The summed E-state index contributed by atoms with van der Waals surface area (Å²) >= 11 is 0. The average molecular weight is 246 g/mol. The van der Waals surface area contributed by atoms with E-state index in [-0.39, 0.29) is 0 Å². The van der Waals surface area contributed by atoms with Gasteiger partial charge >= 0.3 is 0 Å². The molecule has 0 fully saturated rings. The molecule has 0 atom stereocenters. The summed E-state index contributed by atoms with van der Waals surface area (Å²) in [5, 5.41) is 7.61. The van der Waals surface area contributed by atoms with E-state index in [0.717, 1.165) is 29.4 Å². The van der Waals surface area contributed by atoms with Crippen LogP contribution in [0.2, 0.25) is 0 Å². The van der Waals surface area contributed by atoms with Gasteiger partial charge in [0.15, 0.2) is 0 Å². The minimum Gasteiger partial charge on any atom is -0.497 e. The van der Waals surface area contributed by atoms with Gasteiger partial charge in [-0.25, -0.2) is 4.68 Å². The van der Waals surface area contributed by atoms with Crippen LogP contribution in [0.3, 0.4) is 0 Å². The maximum atomic E-state index is 5.47. The lowest BCUT2D eigenvalue weighted by Crippen LogP contribution is -2.13. The Morgan fingerprint density at radius 2 is 2.06 bits per heavy atom. The second kappa shape index (κ2) is 5.55. The summed E-state index contributed by atoms with van der Waals surface area (Å²) < 4.78 is 7.02. The van der Waals surface area contributed by atoms with E-state index in [4.69, 9.17) is 10.5 Å². The van der Waals surface area contributed by atoms with Crippen LogP contribution in [0, 0.1) is 6.92 Å². The highest BCUT2D eigenvalue weighted by atomic mass is 16.5. The second-order valence-corrected chi connectivity index (χ2v) is 3.97. The van der Waals surface area contributed by atoms with Crippen molar-refractivity contribution in [2.45, 2.75) is 6.92 Å². The molecule has 1 aromatic carbocycles. The Kier molecular flexibility index (Phi) is 3.84. The van der Waals surface area contributed by atoms with Gasteiger partial charge in [0.1, 0.15) is 5.75 Å². The highest BCUT2D eigenvalue weighted by Gasteiger charge is 2.07. The molecule has 0 aliphatic carbocycles. The molecule has 5 heteroatoms. The molecule has 2 aromatic rings. The standard InChI is InChI=1S/C13H18N4O/c1-10-13(15-8-7-14)9-16-17(10)11-3-5-12(18-2)6-4-11/h3-6,9,15H,7-8,14H2,1-2H3. The quantitative estimate of drug-likeness (QED) is 0.840. The minimum atomic E-state index is 0.604. The third kappa shape index (κ3) is 2.46. The molecule has 1 heterocycles. The number of nitrogens with one attached hydrogen (secondary N) is 1. The molecule has 96 valence electrons. The number of benzene rings is 1. The fraction of sp³-hybridized carbons (Fsp3) is 0.308. The molecule has 0 aliphatic rings. The minimum absolute atomic E-state index is 0.604. The van der Waals surface area contributed by atoms with Gasteiger partial charge < -0.3 is 15.8 Å². The number of hydrogen-bond acceptors (Lipinski definition) is 4. The van der Waals surface area contributed by atoms with Crippen LogP contribution in [0.1, 0.15) is 5.69 Å². The van der Waals surface area contributed by atoms with Crippen molar-refractivity contribution < 1.29 is 4.74 Å². The van der Waals surface area contributed by atoms with Crippen molar-refractivity contribution >= 4 is 5.69 Å².